The zero-order valence-corrected chi connectivity index (χ0v) is 15.7. The Bertz CT molecular complexity index is 765. The van der Waals surface area contributed by atoms with E-state index in [0.717, 1.165) is 30.0 Å². The Hall–Kier alpha value is -2.39. The first-order chi connectivity index (χ1) is 12.6. The average molecular weight is 349 g/mol. The van der Waals surface area contributed by atoms with Gasteiger partial charge in [-0.1, -0.05) is 56.3 Å². The molecule has 0 bridgehead atoms. The first-order valence-electron chi connectivity index (χ1n) is 9.33. The zero-order chi connectivity index (χ0) is 18.4. The van der Waals surface area contributed by atoms with E-state index in [1.165, 1.54) is 5.56 Å². The smallest absolute Gasteiger partial charge is 0.161 e. The molecular weight excluding hydrogens is 322 g/mol. The summed E-state index contributed by atoms with van der Waals surface area (Å²) >= 11 is 0. The topological polar surface area (TPSA) is 29.5 Å². The maximum Gasteiger partial charge on any atom is 0.161 e. The molecule has 1 aliphatic rings. The fourth-order valence-corrected chi connectivity index (χ4v) is 3.09. The quantitative estimate of drug-likeness (QED) is 0.715. The summed E-state index contributed by atoms with van der Waals surface area (Å²) in [5.74, 6) is 1.60. The van der Waals surface area contributed by atoms with E-state index in [1.54, 1.807) is 0 Å². The van der Waals surface area contributed by atoms with Crippen molar-refractivity contribution in [2.75, 3.05) is 19.7 Å². The van der Waals surface area contributed by atoms with Gasteiger partial charge in [0.2, 0.25) is 0 Å². The summed E-state index contributed by atoms with van der Waals surface area (Å²) in [6, 6.07) is 18.4. The highest BCUT2D eigenvalue weighted by atomic mass is 16.5. The molecule has 2 aromatic rings. The van der Waals surface area contributed by atoms with Crippen LogP contribution in [0.25, 0.3) is 6.08 Å². The number of hydrogen-bond donors (Lipinski definition) is 0. The molecule has 0 unspecified atom stereocenters. The lowest BCUT2D eigenvalue weighted by Crippen LogP contribution is -2.35. The lowest BCUT2D eigenvalue weighted by atomic mass is 9.99. The van der Waals surface area contributed by atoms with Gasteiger partial charge in [0.15, 0.2) is 5.78 Å². The van der Waals surface area contributed by atoms with Crippen LogP contribution < -0.4 is 4.74 Å². The standard InChI is InChI=1S/C23H27NO2/c1-18(2)17-26-22-10-6-9-20(14-22)13-21-16-24(12-11-23(21)25)15-19-7-4-3-5-8-19/h3-10,13-14,18H,11-12,15-17H2,1-2H3/b21-13+. The number of benzene rings is 2. The van der Waals surface area contributed by atoms with Crippen LogP contribution in [-0.4, -0.2) is 30.4 Å². The Morgan fingerprint density at radius 1 is 1.12 bits per heavy atom. The van der Waals surface area contributed by atoms with Crippen LogP contribution in [0, 0.1) is 5.92 Å². The lowest BCUT2D eigenvalue weighted by molar-refractivity contribution is -0.117. The van der Waals surface area contributed by atoms with Crippen LogP contribution in [0.5, 0.6) is 5.75 Å². The highest BCUT2D eigenvalue weighted by molar-refractivity contribution is 6.00. The Morgan fingerprint density at radius 3 is 2.69 bits per heavy atom. The molecule has 1 heterocycles. The monoisotopic (exact) mass is 349 g/mol. The molecule has 3 rings (SSSR count). The Labute approximate surface area is 156 Å². The van der Waals surface area contributed by atoms with Gasteiger partial charge >= 0.3 is 0 Å². The number of carbonyl (C=O) groups is 1. The van der Waals surface area contributed by atoms with Crippen LogP contribution in [0.2, 0.25) is 0 Å². The number of piperidine rings is 1. The first kappa shape index (κ1) is 18.4. The second-order valence-electron chi connectivity index (χ2n) is 7.32. The summed E-state index contributed by atoms with van der Waals surface area (Å²) in [5, 5.41) is 0. The highest BCUT2D eigenvalue weighted by Crippen LogP contribution is 2.21. The van der Waals surface area contributed by atoms with Crippen molar-refractivity contribution in [2.45, 2.75) is 26.8 Å². The van der Waals surface area contributed by atoms with E-state index in [9.17, 15) is 4.79 Å². The van der Waals surface area contributed by atoms with Crippen LogP contribution in [0.3, 0.4) is 0 Å². The predicted octanol–water partition coefficient (Wildman–Crippen LogP) is 4.58. The fourth-order valence-electron chi connectivity index (χ4n) is 3.09. The molecule has 0 aliphatic carbocycles. The molecule has 0 aromatic heterocycles. The average Bonchev–Trinajstić information content (AvgIpc) is 2.64. The van der Waals surface area contributed by atoms with Gasteiger partial charge in [-0.25, -0.2) is 0 Å². The molecule has 1 saturated heterocycles. The first-order valence-corrected chi connectivity index (χ1v) is 9.33. The van der Waals surface area contributed by atoms with Gasteiger partial charge in [-0.05, 0) is 35.3 Å². The lowest BCUT2D eigenvalue weighted by Gasteiger charge is -2.27. The van der Waals surface area contributed by atoms with E-state index in [1.807, 2.05) is 36.4 Å². The number of hydrogen-bond acceptors (Lipinski definition) is 3. The molecule has 2 aromatic carbocycles. The van der Waals surface area contributed by atoms with Crippen LogP contribution in [0.4, 0.5) is 0 Å². The normalized spacial score (nSPS) is 17.0. The summed E-state index contributed by atoms with van der Waals surface area (Å²) in [6.07, 6.45) is 2.60. The van der Waals surface area contributed by atoms with Crippen molar-refractivity contribution in [1.82, 2.24) is 4.90 Å². The molecule has 0 N–H and O–H groups in total. The van der Waals surface area contributed by atoms with Crippen molar-refractivity contribution < 1.29 is 9.53 Å². The zero-order valence-electron chi connectivity index (χ0n) is 15.7. The van der Waals surface area contributed by atoms with Crippen LogP contribution in [0.1, 0.15) is 31.4 Å². The molecule has 0 atom stereocenters. The second-order valence-corrected chi connectivity index (χ2v) is 7.32. The van der Waals surface area contributed by atoms with E-state index in [-0.39, 0.29) is 5.78 Å². The number of carbonyl (C=O) groups excluding carboxylic acids is 1. The van der Waals surface area contributed by atoms with Crippen molar-refractivity contribution in [1.29, 1.82) is 0 Å². The summed E-state index contributed by atoms with van der Waals surface area (Å²) in [4.78, 5) is 14.7. The van der Waals surface area contributed by atoms with E-state index in [0.29, 0.717) is 25.5 Å². The van der Waals surface area contributed by atoms with Crippen LogP contribution >= 0.6 is 0 Å². The SMILES string of the molecule is CC(C)COc1cccc(/C=C2\CN(Cc3ccccc3)CCC2=O)c1. The molecule has 1 fully saturated rings. The third-order valence-electron chi connectivity index (χ3n) is 4.44. The van der Waals surface area contributed by atoms with E-state index < -0.39 is 0 Å². The van der Waals surface area contributed by atoms with Gasteiger partial charge in [0.25, 0.3) is 0 Å². The molecule has 26 heavy (non-hydrogen) atoms. The highest BCUT2D eigenvalue weighted by Gasteiger charge is 2.21. The van der Waals surface area contributed by atoms with Gasteiger partial charge < -0.3 is 4.74 Å². The molecular formula is C23H27NO2. The molecule has 0 spiro atoms. The third kappa shape index (κ3) is 5.30. The van der Waals surface area contributed by atoms with Gasteiger partial charge in [-0.3, -0.25) is 9.69 Å². The maximum absolute atomic E-state index is 12.4. The molecule has 0 radical (unpaired) electrons. The van der Waals surface area contributed by atoms with Gasteiger partial charge in [0, 0.05) is 31.6 Å². The summed E-state index contributed by atoms with van der Waals surface area (Å²) in [7, 11) is 0. The van der Waals surface area contributed by atoms with Crippen molar-refractivity contribution >= 4 is 11.9 Å². The predicted molar refractivity (Wildman–Crippen MR) is 106 cm³/mol. The Morgan fingerprint density at radius 2 is 1.92 bits per heavy atom. The second kappa shape index (κ2) is 8.81. The van der Waals surface area contributed by atoms with Crippen molar-refractivity contribution in [3.05, 3.63) is 71.3 Å². The van der Waals surface area contributed by atoms with Gasteiger partial charge in [-0.15, -0.1) is 0 Å². The minimum atomic E-state index is 0.253. The van der Waals surface area contributed by atoms with E-state index >= 15 is 0 Å². The number of rotatable bonds is 6. The summed E-state index contributed by atoms with van der Waals surface area (Å²) in [5.41, 5.74) is 3.19. The molecule has 3 heteroatoms. The largest absolute Gasteiger partial charge is 0.493 e. The van der Waals surface area contributed by atoms with Crippen molar-refractivity contribution in [3.8, 4) is 5.75 Å². The van der Waals surface area contributed by atoms with E-state index in [4.69, 9.17) is 4.74 Å². The number of Topliss-reactive ketones (excluding diaryl/α,β-unsaturated/α-hetero) is 1. The molecule has 0 saturated carbocycles. The number of likely N-dealkylation sites (tertiary alicyclic amines) is 1. The van der Waals surface area contributed by atoms with Crippen molar-refractivity contribution in [3.63, 3.8) is 0 Å². The number of ether oxygens (including phenoxy) is 1. The van der Waals surface area contributed by atoms with Crippen LogP contribution in [0.15, 0.2) is 60.2 Å². The van der Waals surface area contributed by atoms with E-state index in [2.05, 4.69) is 43.0 Å². The summed E-state index contributed by atoms with van der Waals surface area (Å²) in [6.45, 7) is 7.36. The summed E-state index contributed by atoms with van der Waals surface area (Å²) < 4.78 is 5.80. The molecule has 1 aliphatic heterocycles. The van der Waals surface area contributed by atoms with Crippen LogP contribution in [-0.2, 0) is 11.3 Å². The molecule has 3 nitrogen and oxygen atoms in total. The number of ketones is 1. The molecule has 136 valence electrons. The third-order valence-corrected chi connectivity index (χ3v) is 4.44. The minimum absolute atomic E-state index is 0.253. The Kier molecular flexibility index (Phi) is 6.24. The minimum Gasteiger partial charge on any atom is -0.493 e. The Balaban J connectivity index is 1.70. The maximum atomic E-state index is 12.4. The number of nitrogens with zero attached hydrogens (tertiary/aromatic N) is 1. The fraction of sp³-hybridized carbons (Fsp3) is 0.348. The van der Waals surface area contributed by atoms with Gasteiger partial charge in [0.1, 0.15) is 5.75 Å². The molecule has 0 amide bonds. The van der Waals surface area contributed by atoms with Crippen molar-refractivity contribution in [2.24, 2.45) is 5.92 Å². The van der Waals surface area contributed by atoms with Gasteiger partial charge in [0.05, 0.1) is 6.61 Å². The van der Waals surface area contributed by atoms with Gasteiger partial charge in [-0.2, -0.15) is 0 Å².